The maximum atomic E-state index is 13.9. The number of ether oxygens (including phenoxy) is 1. The largest absolute Gasteiger partial charge is 0.492 e. The van der Waals surface area contributed by atoms with E-state index in [-0.39, 0.29) is 22.3 Å². The van der Waals surface area contributed by atoms with Crippen LogP contribution in [-0.2, 0) is 16.6 Å². The first-order valence-corrected chi connectivity index (χ1v) is 11.4. The monoisotopic (exact) mass is 431 g/mol. The third-order valence-electron chi connectivity index (χ3n) is 4.93. The molecule has 0 unspecified atom stereocenters. The van der Waals surface area contributed by atoms with Crippen LogP contribution in [0.1, 0.15) is 19.4 Å². The van der Waals surface area contributed by atoms with Crippen LogP contribution in [0.25, 0.3) is 10.9 Å². The van der Waals surface area contributed by atoms with E-state index in [1.54, 1.807) is 12.1 Å². The molecule has 1 heterocycles. The third-order valence-corrected chi connectivity index (χ3v) is 6.39. The van der Waals surface area contributed by atoms with Crippen LogP contribution in [0, 0.1) is 5.82 Å². The Morgan fingerprint density at radius 2 is 1.80 bits per heavy atom. The minimum atomic E-state index is -3.83. The number of likely N-dealkylation sites (N-methyl/N-ethyl adjacent to an activating group) is 1. The molecule has 0 aliphatic carbocycles. The lowest BCUT2D eigenvalue weighted by molar-refractivity contribution is 0.223. The van der Waals surface area contributed by atoms with Gasteiger partial charge in [0.2, 0.25) is 10.0 Å². The number of benzene rings is 2. The summed E-state index contributed by atoms with van der Waals surface area (Å²) in [6.07, 6.45) is 1.43. The van der Waals surface area contributed by atoms with Crippen LogP contribution in [0.15, 0.2) is 59.6 Å². The smallest absolute Gasteiger partial charge is 0.241 e. The van der Waals surface area contributed by atoms with E-state index in [0.29, 0.717) is 6.61 Å². The molecule has 0 spiro atoms. The van der Waals surface area contributed by atoms with Crippen LogP contribution in [0.2, 0.25) is 0 Å². The second-order valence-electron chi connectivity index (χ2n) is 6.79. The molecule has 3 rings (SSSR count). The molecule has 1 aromatic heterocycles. The number of sulfonamides is 1. The van der Waals surface area contributed by atoms with Gasteiger partial charge in [0, 0.05) is 24.7 Å². The quantitative estimate of drug-likeness (QED) is 0.531. The number of hydrogen-bond donors (Lipinski definition) is 1. The Bertz CT molecular complexity index is 1080. The molecule has 0 aliphatic rings. The fourth-order valence-corrected chi connectivity index (χ4v) is 4.35. The molecule has 0 aliphatic heterocycles. The SMILES string of the molecule is CCN(CC)CCOc1ccc(CNS(=O)(=O)c2ccc(F)c3ncccc23)cc1. The Balaban J connectivity index is 1.63. The first-order chi connectivity index (χ1) is 14.4. The molecule has 0 atom stereocenters. The van der Waals surface area contributed by atoms with E-state index in [9.17, 15) is 12.8 Å². The standard InChI is InChI=1S/C22H26FN3O3S/c1-3-26(4-2)14-15-29-18-9-7-17(8-10-18)16-25-30(27,28)21-12-11-20(23)22-19(21)6-5-13-24-22/h5-13,25H,3-4,14-16H2,1-2H3. The summed E-state index contributed by atoms with van der Waals surface area (Å²) in [7, 11) is -3.83. The highest BCUT2D eigenvalue weighted by molar-refractivity contribution is 7.89. The van der Waals surface area contributed by atoms with Crippen LogP contribution < -0.4 is 9.46 Å². The summed E-state index contributed by atoms with van der Waals surface area (Å²) in [6, 6.07) is 12.8. The maximum absolute atomic E-state index is 13.9. The van der Waals surface area contributed by atoms with E-state index in [2.05, 4.69) is 28.5 Å². The highest BCUT2D eigenvalue weighted by atomic mass is 32.2. The van der Waals surface area contributed by atoms with Crippen molar-refractivity contribution in [3.05, 3.63) is 66.1 Å². The van der Waals surface area contributed by atoms with E-state index >= 15 is 0 Å². The number of halogens is 1. The third kappa shape index (κ3) is 5.33. The zero-order chi connectivity index (χ0) is 21.6. The molecule has 3 aromatic rings. The highest BCUT2D eigenvalue weighted by Crippen LogP contribution is 2.24. The molecule has 0 saturated heterocycles. The molecule has 2 aromatic carbocycles. The maximum Gasteiger partial charge on any atom is 0.241 e. The van der Waals surface area contributed by atoms with Crippen molar-refractivity contribution in [2.75, 3.05) is 26.2 Å². The van der Waals surface area contributed by atoms with Crippen LogP contribution in [-0.4, -0.2) is 44.5 Å². The molecule has 0 fully saturated rings. The average Bonchev–Trinajstić information content (AvgIpc) is 2.76. The molecule has 6 nitrogen and oxygen atoms in total. The van der Waals surface area contributed by atoms with Gasteiger partial charge in [-0.2, -0.15) is 0 Å². The van der Waals surface area contributed by atoms with Crippen LogP contribution in [0.4, 0.5) is 4.39 Å². The fraction of sp³-hybridized carbons (Fsp3) is 0.318. The Hall–Kier alpha value is -2.55. The van der Waals surface area contributed by atoms with Crippen molar-refractivity contribution in [2.24, 2.45) is 0 Å². The Morgan fingerprint density at radius 1 is 1.07 bits per heavy atom. The molecular weight excluding hydrogens is 405 g/mol. The van der Waals surface area contributed by atoms with Gasteiger partial charge in [-0.1, -0.05) is 26.0 Å². The van der Waals surface area contributed by atoms with E-state index in [1.807, 2.05) is 24.3 Å². The molecule has 0 bridgehead atoms. The molecule has 160 valence electrons. The van der Waals surface area contributed by atoms with Gasteiger partial charge >= 0.3 is 0 Å². The highest BCUT2D eigenvalue weighted by Gasteiger charge is 2.19. The Labute approximate surface area is 176 Å². The summed E-state index contributed by atoms with van der Waals surface area (Å²) < 4.78 is 47.8. The second kappa shape index (κ2) is 9.97. The van der Waals surface area contributed by atoms with Crippen molar-refractivity contribution in [2.45, 2.75) is 25.3 Å². The molecule has 0 saturated carbocycles. The lowest BCUT2D eigenvalue weighted by atomic mass is 10.2. The van der Waals surface area contributed by atoms with Crippen LogP contribution in [0.3, 0.4) is 0 Å². The van der Waals surface area contributed by atoms with Crippen molar-refractivity contribution >= 4 is 20.9 Å². The van der Waals surface area contributed by atoms with Crippen molar-refractivity contribution in [1.29, 1.82) is 0 Å². The number of rotatable bonds is 10. The summed E-state index contributed by atoms with van der Waals surface area (Å²) in [5.41, 5.74) is 0.825. The van der Waals surface area contributed by atoms with Crippen LogP contribution in [0.5, 0.6) is 5.75 Å². The van der Waals surface area contributed by atoms with E-state index in [4.69, 9.17) is 4.74 Å². The van der Waals surface area contributed by atoms with E-state index < -0.39 is 15.8 Å². The molecule has 1 N–H and O–H groups in total. The molecule has 0 amide bonds. The number of nitrogens with one attached hydrogen (secondary N) is 1. The predicted octanol–water partition coefficient (Wildman–Crippen LogP) is 3.57. The number of fused-ring (bicyclic) bond motifs is 1. The first-order valence-electron chi connectivity index (χ1n) is 9.91. The number of pyridine rings is 1. The normalized spacial score (nSPS) is 11.9. The Kier molecular flexibility index (Phi) is 7.36. The van der Waals surface area contributed by atoms with Gasteiger partial charge in [-0.3, -0.25) is 4.98 Å². The summed E-state index contributed by atoms with van der Waals surface area (Å²) in [4.78, 5) is 6.22. The van der Waals surface area contributed by atoms with E-state index in [1.165, 1.54) is 12.3 Å². The van der Waals surface area contributed by atoms with Gasteiger partial charge in [0.05, 0.1) is 4.90 Å². The number of aromatic nitrogens is 1. The van der Waals surface area contributed by atoms with Gasteiger partial charge in [0.15, 0.2) is 0 Å². The van der Waals surface area contributed by atoms with Gasteiger partial charge in [0.25, 0.3) is 0 Å². The van der Waals surface area contributed by atoms with Crippen LogP contribution >= 0.6 is 0 Å². The lowest BCUT2D eigenvalue weighted by Crippen LogP contribution is -2.27. The summed E-state index contributed by atoms with van der Waals surface area (Å²) >= 11 is 0. The zero-order valence-electron chi connectivity index (χ0n) is 17.1. The second-order valence-corrected chi connectivity index (χ2v) is 8.52. The van der Waals surface area contributed by atoms with Gasteiger partial charge in [-0.25, -0.2) is 17.5 Å². The molecule has 0 radical (unpaired) electrons. The minimum absolute atomic E-state index is 0.00311. The summed E-state index contributed by atoms with van der Waals surface area (Å²) in [5, 5.41) is 0.252. The van der Waals surface area contributed by atoms with Crippen molar-refractivity contribution < 1.29 is 17.5 Å². The molecular formula is C22H26FN3O3S. The van der Waals surface area contributed by atoms with Crippen molar-refractivity contribution in [1.82, 2.24) is 14.6 Å². The topological polar surface area (TPSA) is 71.5 Å². The van der Waals surface area contributed by atoms with Gasteiger partial charge in [0.1, 0.15) is 23.7 Å². The number of hydrogen-bond acceptors (Lipinski definition) is 5. The first kappa shape index (κ1) is 22.1. The molecule has 30 heavy (non-hydrogen) atoms. The fourth-order valence-electron chi connectivity index (χ4n) is 3.14. The van der Waals surface area contributed by atoms with Crippen molar-refractivity contribution in [3.63, 3.8) is 0 Å². The number of nitrogens with zero attached hydrogens (tertiary/aromatic N) is 2. The average molecular weight is 432 g/mol. The van der Waals surface area contributed by atoms with E-state index in [0.717, 1.165) is 37.0 Å². The zero-order valence-corrected chi connectivity index (χ0v) is 18.0. The lowest BCUT2D eigenvalue weighted by Gasteiger charge is -2.18. The van der Waals surface area contributed by atoms with Gasteiger partial charge in [-0.15, -0.1) is 0 Å². The Morgan fingerprint density at radius 3 is 2.50 bits per heavy atom. The minimum Gasteiger partial charge on any atom is -0.492 e. The summed E-state index contributed by atoms with van der Waals surface area (Å²) in [6.45, 7) is 7.77. The summed E-state index contributed by atoms with van der Waals surface area (Å²) in [5.74, 6) is 0.186. The van der Waals surface area contributed by atoms with Crippen molar-refractivity contribution in [3.8, 4) is 5.75 Å². The predicted molar refractivity (Wildman–Crippen MR) is 115 cm³/mol. The van der Waals surface area contributed by atoms with Gasteiger partial charge in [-0.05, 0) is 55.1 Å². The van der Waals surface area contributed by atoms with Gasteiger partial charge < -0.3 is 9.64 Å². The molecule has 8 heteroatoms.